The van der Waals surface area contributed by atoms with E-state index in [1.54, 1.807) is 18.3 Å². The van der Waals surface area contributed by atoms with Crippen LogP contribution in [0.1, 0.15) is 10.4 Å². The standard InChI is InChI=1S/C17H20N6O/c1-23(2)10-9-20-16-12(6-4-8-19-16)17-21-13-7-3-5-11(15(18)24)14(13)22-17/h3-8H,9-10H2,1-2H3,(H2,18,24)(H,19,20)(H,21,22). The van der Waals surface area contributed by atoms with Crippen molar-refractivity contribution in [2.24, 2.45) is 5.73 Å². The Bertz CT molecular complexity index is 870. The summed E-state index contributed by atoms with van der Waals surface area (Å²) in [5, 5.41) is 3.32. The van der Waals surface area contributed by atoms with E-state index in [9.17, 15) is 4.79 Å². The van der Waals surface area contributed by atoms with Gasteiger partial charge in [0.25, 0.3) is 5.91 Å². The van der Waals surface area contributed by atoms with Crippen LogP contribution in [-0.4, -0.2) is 52.9 Å². The summed E-state index contributed by atoms with van der Waals surface area (Å²) < 4.78 is 0. The van der Waals surface area contributed by atoms with Crippen LogP contribution in [0, 0.1) is 0 Å². The van der Waals surface area contributed by atoms with Crippen LogP contribution in [0.25, 0.3) is 22.4 Å². The molecule has 3 rings (SSSR count). The van der Waals surface area contributed by atoms with Crippen molar-refractivity contribution in [1.82, 2.24) is 19.9 Å². The van der Waals surface area contributed by atoms with Crippen molar-refractivity contribution in [2.45, 2.75) is 0 Å². The molecule has 0 aliphatic rings. The van der Waals surface area contributed by atoms with Crippen LogP contribution in [-0.2, 0) is 0 Å². The maximum Gasteiger partial charge on any atom is 0.250 e. The first-order valence-electron chi connectivity index (χ1n) is 7.69. The van der Waals surface area contributed by atoms with Crippen molar-refractivity contribution >= 4 is 22.8 Å². The minimum atomic E-state index is -0.492. The molecule has 0 spiro atoms. The van der Waals surface area contributed by atoms with Gasteiger partial charge in [-0.15, -0.1) is 0 Å². The average Bonchev–Trinajstić information content (AvgIpc) is 2.98. The number of imidazole rings is 1. The summed E-state index contributed by atoms with van der Waals surface area (Å²) in [4.78, 5) is 25.9. The number of likely N-dealkylation sites (N-methyl/N-ethyl adjacent to an activating group) is 1. The molecule has 3 aromatic rings. The number of carbonyl (C=O) groups excluding carboxylic acids is 1. The largest absolute Gasteiger partial charge is 0.368 e. The smallest absolute Gasteiger partial charge is 0.250 e. The number of anilines is 1. The lowest BCUT2D eigenvalue weighted by Gasteiger charge is -2.12. The van der Waals surface area contributed by atoms with Gasteiger partial charge in [0, 0.05) is 19.3 Å². The second-order valence-electron chi connectivity index (χ2n) is 5.78. The molecule has 0 fully saturated rings. The number of nitrogens with two attached hydrogens (primary N) is 1. The summed E-state index contributed by atoms with van der Waals surface area (Å²) in [5.41, 5.74) is 8.02. The number of nitrogens with zero attached hydrogens (tertiary/aromatic N) is 3. The number of benzene rings is 1. The Balaban J connectivity index is 1.99. The summed E-state index contributed by atoms with van der Waals surface area (Å²) in [6.07, 6.45) is 1.74. The Morgan fingerprint density at radius 1 is 1.29 bits per heavy atom. The molecule has 4 N–H and O–H groups in total. The molecule has 1 amide bonds. The van der Waals surface area contributed by atoms with Crippen LogP contribution >= 0.6 is 0 Å². The van der Waals surface area contributed by atoms with Gasteiger partial charge in [0.2, 0.25) is 0 Å². The van der Waals surface area contributed by atoms with Gasteiger partial charge in [-0.25, -0.2) is 9.97 Å². The molecule has 2 heterocycles. The zero-order valence-corrected chi connectivity index (χ0v) is 13.7. The third-order valence-corrected chi connectivity index (χ3v) is 3.69. The topological polar surface area (TPSA) is 99.9 Å². The van der Waals surface area contributed by atoms with Crippen molar-refractivity contribution in [1.29, 1.82) is 0 Å². The first kappa shape index (κ1) is 15.9. The fourth-order valence-corrected chi connectivity index (χ4v) is 2.49. The van der Waals surface area contributed by atoms with E-state index in [2.05, 4.69) is 25.2 Å². The van der Waals surface area contributed by atoms with Crippen molar-refractivity contribution < 1.29 is 4.79 Å². The number of carbonyl (C=O) groups is 1. The molecular formula is C17H20N6O. The predicted molar refractivity (Wildman–Crippen MR) is 94.9 cm³/mol. The minimum absolute atomic E-state index is 0.404. The first-order valence-corrected chi connectivity index (χ1v) is 7.69. The molecule has 0 saturated carbocycles. The van der Waals surface area contributed by atoms with Crippen LogP contribution in [0.4, 0.5) is 5.82 Å². The van der Waals surface area contributed by atoms with Crippen molar-refractivity contribution in [3.63, 3.8) is 0 Å². The molecule has 24 heavy (non-hydrogen) atoms. The number of amides is 1. The van der Waals surface area contributed by atoms with E-state index < -0.39 is 5.91 Å². The van der Waals surface area contributed by atoms with E-state index >= 15 is 0 Å². The third kappa shape index (κ3) is 3.21. The Morgan fingerprint density at radius 3 is 2.88 bits per heavy atom. The van der Waals surface area contributed by atoms with Crippen molar-refractivity contribution in [2.75, 3.05) is 32.5 Å². The number of aromatic amines is 1. The highest BCUT2D eigenvalue weighted by Gasteiger charge is 2.14. The molecule has 2 aromatic heterocycles. The fourth-order valence-electron chi connectivity index (χ4n) is 2.49. The van der Waals surface area contributed by atoms with Gasteiger partial charge in [-0.3, -0.25) is 4.79 Å². The minimum Gasteiger partial charge on any atom is -0.368 e. The number of primary amides is 1. The normalized spacial score (nSPS) is 11.1. The zero-order valence-electron chi connectivity index (χ0n) is 13.7. The molecule has 0 bridgehead atoms. The molecule has 0 atom stereocenters. The Morgan fingerprint density at radius 2 is 2.12 bits per heavy atom. The Labute approximate surface area is 139 Å². The van der Waals surface area contributed by atoms with Gasteiger partial charge in [0.1, 0.15) is 17.2 Å². The van der Waals surface area contributed by atoms with Crippen molar-refractivity contribution in [3.8, 4) is 11.4 Å². The van der Waals surface area contributed by atoms with Crippen LogP contribution in [0.5, 0.6) is 0 Å². The van der Waals surface area contributed by atoms with Crippen LogP contribution in [0.15, 0.2) is 36.5 Å². The van der Waals surface area contributed by atoms with E-state index in [1.165, 1.54) is 0 Å². The molecule has 0 aliphatic heterocycles. The van der Waals surface area contributed by atoms with Crippen LogP contribution < -0.4 is 11.1 Å². The average molecular weight is 324 g/mol. The highest BCUT2D eigenvalue weighted by atomic mass is 16.1. The number of rotatable bonds is 6. The Hall–Kier alpha value is -2.93. The monoisotopic (exact) mass is 324 g/mol. The lowest BCUT2D eigenvalue weighted by molar-refractivity contribution is 0.100. The van der Waals surface area contributed by atoms with Gasteiger partial charge in [-0.2, -0.15) is 0 Å². The maximum atomic E-state index is 11.6. The van der Waals surface area contributed by atoms with Crippen LogP contribution in [0.2, 0.25) is 0 Å². The molecule has 7 nitrogen and oxygen atoms in total. The quantitative estimate of drug-likeness (QED) is 0.641. The van der Waals surface area contributed by atoms with E-state index in [4.69, 9.17) is 5.73 Å². The van der Waals surface area contributed by atoms with Gasteiger partial charge in [-0.1, -0.05) is 6.07 Å². The molecule has 0 unspecified atom stereocenters. The highest BCUT2D eigenvalue weighted by Crippen LogP contribution is 2.27. The molecule has 0 radical (unpaired) electrons. The summed E-state index contributed by atoms with van der Waals surface area (Å²) in [5.74, 6) is 0.910. The van der Waals surface area contributed by atoms with Gasteiger partial charge in [0.15, 0.2) is 0 Å². The van der Waals surface area contributed by atoms with Gasteiger partial charge in [-0.05, 0) is 38.4 Å². The zero-order chi connectivity index (χ0) is 17.1. The summed E-state index contributed by atoms with van der Waals surface area (Å²) in [6.45, 7) is 1.66. The molecular weight excluding hydrogens is 304 g/mol. The van der Waals surface area contributed by atoms with Crippen LogP contribution in [0.3, 0.4) is 0 Å². The van der Waals surface area contributed by atoms with Crippen molar-refractivity contribution in [3.05, 3.63) is 42.1 Å². The first-order chi connectivity index (χ1) is 11.6. The number of aromatic nitrogens is 3. The second-order valence-corrected chi connectivity index (χ2v) is 5.78. The molecule has 1 aromatic carbocycles. The number of pyridine rings is 1. The maximum absolute atomic E-state index is 11.6. The lowest BCUT2D eigenvalue weighted by Crippen LogP contribution is -2.21. The SMILES string of the molecule is CN(C)CCNc1ncccc1-c1nc2c(C(N)=O)cccc2[nH]1. The molecule has 124 valence electrons. The number of hydrogen-bond donors (Lipinski definition) is 3. The summed E-state index contributed by atoms with van der Waals surface area (Å²) in [6, 6.07) is 9.12. The van der Waals surface area contributed by atoms with E-state index in [0.29, 0.717) is 16.9 Å². The van der Waals surface area contributed by atoms with Gasteiger partial charge < -0.3 is 20.9 Å². The number of nitrogens with one attached hydrogen (secondary N) is 2. The third-order valence-electron chi connectivity index (χ3n) is 3.69. The summed E-state index contributed by atoms with van der Waals surface area (Å²) >= 11 is 0. The second kappa shape index (κ2) is 6.67. The number of hydrogen-bond acceptors (Lipinski definition) is 5. The van der Waals surface area contributed by atoms with E-state index in [-0.39, 0.29) is 0 Å². The Kier molecular flexibility index (Phi) is 4.43. The van der Waals surface area contributed by atoms with E-state index in [1.807, 2.05) is 32.3 Å². The number of H-pyrrole nitrogens is 1. The van der Waals surface area contributed by atoms with E-state index in [0.717, 1.165) is 30.0 Å². The number of para-hydroxylation sites is 1. The summed E-state index contributed by atoms with van der Waals surface area (Å²) in [7, 11) is 4.04. The molecule has 0 saturated heterocycles. The predicted octanol–water partition coefficient (Wildman–Crippen LogP) is 1.70. The van der Waals surface area contributed by atoms with Gasteiger partial charge >= 0.3 is 0 Å². The number of fused-ring (bicyclic) bond motifs is 1. The lowest BCUT2D eigenvalue weighted by atomic mass is 10.2. The molecule has 7 heteroatoms. The highest BCUT2D eigenvalue weighted by molar-refractivity contribution is 6.04. The molecule has 0 aliphatic carbocycles. The van der Waals surface area contributed by atoms with Gasteiger partial charge in [0.05, 0.1) is 16.6 Å². The fraction of sp³-hybridized carbons (Fsp3) is 0.235.